The number of anilines is 1. The van der Waals surface area contributed by atoms with E-state index in [1.165, 1.54) is 5.69 Å². The molecule has 0 bridgehead atoms. The molecular weight excluding hydrogens is 318 g/mol. The third-order valence-corrected chi connectivity index (χ3v) is 3.42. The lowest BCUT2D eigenvalue weighted by atomic mass is 10.3. The summed E-state index contributed by atoms with van der Waals surface area (Å²) in [4.78, 5) is 8.74. The van der Waals surface area contributed by atoms with Crippen LogP contribution in [0.2, 0.25) is 0 Å². The van der Waals surface area contributed by atoms with Gasteiger partial charge in [0, 0.05) is 31.3 Å². The smallest absolute Gasteiger partial charge is 0.131 e. The maximum atomic E-state index is 4.45. The van der Waals surface area contributed by atoms with Crippen molar-refractivity contribution in [3.8, 4) is 0 Å². The van der Waals surface area contributed by atoms with Gasteiger partial charge in [0.2, 0.25) is 0 Å². The predicted molar refractivity (Wildman–Crippen MR) is 83.9 cm³/mol. The molecule has 0 saturated heterocycles. The molecule has 108 valence electrons. The van der Waals surface area contributed by atoms with Gasteiger partial charge in [0.25, 0.3) is 0 Å². The molecule has 6 heteroatoms. The first-order chi connectivity index (χ1) is 9.58. The Morgan fingerprint density at radius 3 is 2.70 bits per heavy atom. The number of hydrogen-bond donors (Lipinski definition) is 1. The van der Waals surface area contributed by atoms with Crippen LogP contribution < -0.4 is 5.32 Å². The van der Waals surface area contributed by atoms with E-state index in [1.807, 2.05) is 24.6 Å². The predicted octanol–water partition coefficient (Wildman–Crippen LogP) is 3.12. The summed E-state index contributed by atoms with van der Waals surface area (Å²) in [6, 6.07) is 4.00. The fourth-order valence-corrected chi connectivity index (χ4v) is 2.48. The van der Waals surface area contributed by atoms with Gasteiger partial charge in [-0.05, 0) is 42.3 Å². The van der Waals surface area contributed by atoms with Crippen LogP contribution in [0.25, 0.3) is 0 Å². The van der Waals surface area contributed by atoms with E-state index in [1.54, 1.807) is 0 Å². The van der Waals surface area contributed by atoms with Crippen molar-refractivity contribution in [2.45, 2.75) is 40.2 Å². The Kier molecular flexibility index (Phi) is 5.11. The van der Waals surface area contributed by atoms with Gasteiger partial charge in [0.1, 0.15) is 16.2 Å². The molecule has 0 aromatic carbocycles. The van der Waals surface area contributed by atoms with Crippen molar-refractivity contribution in [1.82, 2.24) is 19.7 Å². The number of nitrogens with zero attached hydrogens (tertiary/aromatic N) is 4. The van der Waals surface area contributed by atoms with Gasteiger partial charge in [-0.15, -0.1) is 0 Å². The van der Waals surface area contributed by atoms with E-state index in [9.17, 15) is 0 Å². The summed E-state index contributed by atoms with van der Waals surface area (Å²) in [5.41, 5.74) is 2.28. The lowest BCUT2D eigenvalue weighted by molar-refractivity contribution is 0.573. The third-order valence-electron chi connectivity index (χ3n) is 3.01. The summed E-state index contributed by atoms with van der Waals surface area (Å²) < 4.78 is 2.87. The lowest BCUT2D eigenvalue weighted by Crippen LogP contribution is -2.10. The van der Waals surface area contributed by atoms with Crippen molar-refractivity contribution in [2.24, 2.45) is 0 Å². The molecule has 0 unspecified atom stereocenters. The van der Waals surface area contributed by atoms with Gasteiger partial charge < -0.3 is 5.32 Å². The van der Waals surface area contributed by atoms with Crippen LogP contribution in [-0.4, -0.2) is 26.3 Å². The molecule has 2 aromatic heterocycles. The van der Waals surface area contributed by atoms with Gasteiger partial charge in [-0.3, -0.25) is 4.68 Å². The van der Waals surface area contributed by atoms with Crippen molar-refractivity contribution in [2.75, 3.05) is 11.9 Å². The second-order valence-corrected chi connectivity index (χ2v) is 5.59. The van der Waals surface area contributed by atoms with Gasteiger partial charge in [0.05, 0.1) is 5.69 Å². The molecular formula is C14H20BrN5. The minimum atomic E-state index is 0.824. The molecule has 0 aliphatic heterocycles. The minimum Gasteiger partial charge on any atom is -0.370 e. The summed E-state index contributed by atoms with van der Waals surface area (Å²) in [6.07, 6.45) is 1.84. The van der Waals surface area contributed by atoms with Crippen LogP contribution in [0.1, 0.15) is 30.6 Å². The van der Waals surface area contributed by atoms with E-state index in [-0.39, 0.29) is 0 Å². The number of aryl methyl sites for hydroxylation is 4. The summed E-state index contributed by atoms with van der Waals surface area (Å²) in [7, 11) is 0. The normalized spacial score (nSPS) is 10.8. The first-order valence-electron chi connectivity index (χ1n) is 6.87. The Morgan fingerprint density at radius 2 is 2.05 bits per heavy atom. The van der Waals surface area contributed by atoms with Crippen molar-refractivity contribution in [1.29, 1.82) is 0 Å². The molecule has 2 rings (SSSR count). The highest BCUT2D eigenvalue weighted by Crippen LogP contribution is 2.12. The monoisotopic (exact) mass is 337 g/mol. The van der Waals surface area contributed by atoms with E-state index in [0.29, 0.717) is 0 Å². The molecule has 0 fully saturated rings. The van der Waals surface area contributed by atoms with Gasteiger partial charge in [-0.1, -0.05) is 6.92 Å². The molecule has 0 atom stereocenters. The van der Waals surface area contributed by atoms with Gasteiger partial charge in [-0.2, -0.15) is 5.10 Å². The Labute approximate surface area is 128 Å². The molecule has 5 nitrogen and oxygen atoms in total. The second-order valence-electron chi connectivity index (χ2n) is 4.78. The Balaban J connectivity index is 1.84. The largest absolute Gasteiger partial charge is 0.370 e. The topological polar surface area (TPSA) is 55.6 Å². The quantitative estimate of drug-likeness (QED) is 0.649. The minimum absolute atomic E-state index is 0.824. The number of rotatable bonds is 6. The fraction of sp³-hybridized carbons (Fsp3) is 0.500. The summed E-state index contributed by atoms with van der Waals surface area (Å²) in [5.74, 6) is 1.72. The van der Waals surface area contributed by atoms with Crippen LogP contribution in [0, 0.1) is 13.8 Å². The molecule has 1 N–H and O–H groups in total. The maximum absolute atomic E-state index is 4.45. The van der Waals surface area contributed by atoms with E-state index >= 15 is 0 Å². The third kappa shape index (κ3) is 4.03. The van der Waals surface area contributed by atoms with E-state index in [4.69, 9.17) is 0 Å². The average Bonchev–Trinajstić information content (AvgIpc) is 2.72. The van der Waals surface area contributed by atoms with Crippen LogP contribution in [0.3, 0.4) is 0 Å². The molecule has 0 spiro atoms. The van der Waals surface area contributed by atoms with Crippen molar-refractivity contribution in [3.63, 3.8) is 0 Å². The lowest BCUT2D eigenvalue weighted by Gasteiger charge is -2.08. The summed E-state index contributed by atoms with van der Waals surface area (Å²) >= 11 is 3.41. The highest BCUT2D eigenvalue weighted by molar-refractivity contribution is 9.10. The zero-order valence-electron chi connectivity index (χ0n) is 12.1. The Bertz CT molecular complexity index is 579. The summed E-state index contributed by atoms with van der Waals surface area (Å²) in [6.45, 7) is 7.94. The molecule has 20 heavy (non-hydrogen) atoms. The number of hydrogen-bond acceptors (Lipinski definition) is 4. The van der Waals surface area contributed by atoms with Gasteiger partial charge in [-0.25, -0.2) is 9.97 Å². The van der Waals surface area contributed by atoms with Gasteiger partial charge >= 0.3 is 0 Å². The molecule has 2 aromatic rings. The molecule has 0 amide bonds. The zero-order valence-corrected chi connectivity index (χ0v) is 13.7. The molecule has 0 aliphatic carbocycles. The van der Waals surface area contributed by atoms with Crippen LogP contribution in [-0.2, 0) is 13.0 Å². The summed E-state index contributed by atoms with van der Waals surface area (Å²) in [5, 5.41) is 7.79. The number of aromatic nitrogens is 4. The first kappa shape index (κ1) is 15.0. The van der Waals surface area contributed by atoms with Crippen LogP contribution >= 0.6 is 15.9 Å². The van der Waals surface area contributed by atoms with E-state index < -0.39 is 0 Å². The number of halogens is 1. The Morgan fingerprint density at radius 1 is 1.25 bits per heavy atom. The maximum Gasteiger partial charge on any atom is 0.131 e. The van der Waals surface area contributed by atoms with Crippen LogP contribution in [0.15, 0.2) is 16.7 Å². The first-order valence-corrected chi connectivity index (χ1v) is 7.66. The van der Waals surface area contributed by atoms with E-state index in [2.05, 4.69) is 49.3 Å². The molecule has 0 radical (unpaired) electrons. The molecule has 0 aliphatic rings. The average molecular weight is 338 g/mol. The van der Waals surface area contributed by atoms with Crippen LogP contribution in [0.4, 0.5) is 5.82 Å². The molecule has 2 heterocycles. The second kappa shape index (κ2) is 6.83. The highest BCUT2D eigenvalue weighted by Gasteiger charge is 2.02. The van der Waals surface area contributed by atoms with Gasteiger partial charge in [0.15, 0.2) is 0 Å². The standard InChI is InChI=1S/C14H20BrN5/c1-4-13-17-12(15)9-14(18-13)16-6-5-7-20-11(3)8-10(2)19-20/h8-9H,4-7H2,1-3H3,(H,16,17,18). The van der Waals surface area contributed by atoms with Crippen molar-refractivity contribution < 1.29 is 0 Å². The Hall–Kier alpha value is -1.43. The van der Waals surface area contributed by atoms with E-state index in [0.717, 1.165) is 47.9 Å². The highest BCUT2D eigenvalue weighted by atomic mass is 79.9. The number of nitrogens with one attached hydrogen (secondary N) is 1. The SMILES string of the molecule is CCc1nc(Br)cc(NCCCn2nc(C)cc2C)n1. The van der Waals surface area contributed by atoms with Crippen LogP contribution in [0.5, 0.6) is 0 Å². The van der Waals surface area contributed by atoms with Crippen molar-refractivity contribution in [3.05, 3.63) is 33.9 Å². The zero-order chi connectivity index (χ0) is 14.5. The molecule has 0 saturated carbocycles. The fourth-order valence-electron chi connectivity index (χ4n) is 2.06. The van der Waals surface area contributed by atoms with Crippen molar-refractivity contribution >= 4 is 21.7 Å².